The van der Waals surface area contributed by atoms with Gasteiger partial charge in [-0.05, 0) is 31.4 Å². The molecule has 1 aliphatic rings. The van der Waals surface area contributed by atoms with Crippen molar-refractivity contribution in [3.63, 3.8) is 0 Å². The molecule has 2 heterocycles. The van der Waals surface area contributed by atoms with E-state index in [1.165, 1.54) is 7.11 Å². The monoisotopic (exact) mass is 316 g/mol. The van der Waals surface area contributed by atoms with E-state index in [9.17, 15) is 9.90 Å². The molecule has 23 heavy (non-hydrogen) atoms. The van der Waals surface area contributed by atoms with Crippen molar-refractivity contribution in [3.8, 4) is 5.88 Å². The number of aliphatic hydroxyl groups excluding tert-OH is 1. The lowest BCUT2D eigenvalue weighted by Gasteiger charge is -2.35. The number of hydrogen-bond acceptors (Lipinski definition) is 5. The van der Waals surface area contributed by atoms with E-state index in [2.05, 4.69) is 15.3 Å². The van der Waals surface area contributed by atoms with Crippen LogP contribution in [0.3, 0.4) is 0 Å². The fourth-order valence-electron chi connectivity index (χ4n) is 3.08. The molecule has 0 radical (unpaired) electrons. The van der Waals surface area contributed by atoms with Gasteiger partial charge in [0.2, 0.25) is 5.88 Å². The number of carbonyl (C=O) groups is 1. The Morgan fingerprint density at radius 2 is 2.30 bits per heavy atom. The highest BCUT2D eigenvalue weighted by Crippen LogP contribution is 2.29. The quantitative estimate of drug-likeness (QED) is 0.884. The number of imidazole rings is 1. The molecule has 1 aliphatic carbocycles. The average molecular weight is 316 g/mol. The molecule has 0 bridgehead atoms. The van der Waals surface area contributed by atoms with Gasteiger partial charge < -0.3 is 19.7 Å². The number of amides is 1. The van der Waals surface area contributed by atoms with Crippen molar-refractivity contribution < 1.29 is 14.6 Å². The van der Waals surface area contributed by atoms with E-state index in [0.29, 0.717) is 5.56 Å². The molecule has 0 spiro atoms. The van der Waals surface area contributed by atoms with Gasteiger partial charge in [-0.1, -0.05) is 0 Å². The van der Waals surface area contributed by atoms with Gasteiger partial charge in [0.05, 0.1) is 31.6 Å². The summed E-state index contributed by atoms with van der Waals surface area (Å²) in [4.78, 5) is 20.5. The molecule has 7 heteroatoms. The lowest BCUT2D eigenvalue weighted by atomic mass is 9.87. The van der Waals surface area contributed by atoms with E-state index in [1.807, 2.05) is 10.8 Å². The van der Waals surface area contributed by atoms with Crippen molar-refractivity contribution in [1.82, 2.24) is 19.9 Å². The van der Waals surface area contributed by atoms with Gasteiger partial charge in [-0.2, -0.15) is 0 Å². The van der Waals surface area contributed by atoms with Crippen molar-refractivity contribution in [2.24, 2.45) is 0 Å². The number of aromatic nitrogens is 3. The largest absolute Gasteiger partial charge is 0.480 e. The summed E-state index contributed by atoms with van der Waals surface area (Å²) in [6.45, 7) is 0. The number of pyridine rings is 1. The van der Waals surface area contributed by atoms with Crippen LogP contribution in [0.15, 0.2) is 37.1 Å². The zero-order valence-electron chi connectivity index (χ0n) is 12.9. The van der Waals surface area contributed by atoms with Crippen LogP contribution in [0.1, 0.15) is 35.7 Å². The highest BCUT2D eigenvalue weighted by molar-refractivity contribution is 5.96. The molecular formula is C16H20N4O3. The van der Waals surface area contributed by atoms with Gasteiger partial charge in [-0.3, -0.25) is 4.79 Å². The topological polar surface area (TPSA) is 89.3 Å². The molecule has 3 rings (SSSR count). The summed E-state index contributed by atoms with van der Waals surface area (Å²) in [5.41, 5.74) is 0.368. The molecular weight excluding hydrogens is 296 g/mol. The summed E-state index contributed by atoms with van der Waals surface area (Å²) in [6, 6.07) is 2.95. The average Bonchev–Trinajstić information content (AvgIpc) is 3.11. The van der Waals surface area contributed by atoms with Gasteiger partial charge >= 0.3 is 0 Å². The van der Waals surface area contributed by atoms with E-state index in [1.54, 1.807) is 30.9 Å². The Morgan fingerprint density at radius 1 is 1.43 bits per heavy atom. The maximum absolute atomic E-state index is 12.5. The maximum Gasteiger partial charge on any atom is 0.257 e. The fourth-order valence-corrected chi connectivity index (χ4v) is 3.08. The number of aliphatic hydroxyl groups is 1. The zero-order valence-corrected chi connectivity index (χ0v) is 12.9. The predicted octanol–water partition coefficient (Wildman–Crippen LogP) is 1.17. The molecule has 3 atom stereocenters. The van der Waals surface area contributed by atoms with Crippen molar-refractivity contribution in [2.75, 3.05) is 7.11 Å². The number of hydrogen-bond donors (Lipinski definition) is 2. The van der Waals surface area contributed by atoms with Gasteiger partial charge in [0, 0.05) is 18.6 Å². The van der Waals surface area contributed by atoms with Gasteiger partial charge in [0.15, 0.2) is 0 Å². The third-order valence-corrected chi connectivity index (χ3v) is 4.25. The summed E-state index contributed by atoms with van der Waals surface area (Å²) >= 11 is 0. The Morgan fingerprint density at radius 3 is 3.04 bits per heavy atom. The van der Waals surface area contributed by atoms with Crippen LogP contribution < -0.4 is 10.1 Å². The second-order valence-electron chi connectivity index (χ2n) is 5.64. The van der Waals surface area contributed by atoms with Crippen LogP contribution in [-0.4, -0.2) is 44.8 Å². The molecule has 0 aromatic carbocycles. The second kappa shape index (κ2) is 6.78. The van der Waals surface area contributed by atoms with E-state index in [-0.39, 0.29) is 23.9 Å². The molecule has 2 N–H and O–H groups in total. The summed E-state index contributed by atoms with van der Waals surface area (Å²) in [6.07, 6.45) is 8.65. The molecule has 1 amide bonds. The summed E-state index contributed by atoms with van der Waals surface area (Å²) in [5.74, 6) is -0.00765. The van der Waals surface area contributed by atoms with Gasteiger partial charge in [0.1, 0.15) is 5.56 Å². The van der Waals surface area contributed by atoms with E-state index in [4.69, 9.17) is 4.74 Å². The first kappa shape index (κ1) is 15.5. The maximum atomic E-state index is 12.5. The van der Waals surface area contributed by atoms with E-state index in [0.717, 1.165) is 19.3 Å². The van der Waals surface area contributed by atoms with Crippen LogP contribution >= 0.6 is 0 Å². The Hall–Kier alpha value is -2.41. The van der Waals surface area contributed by atoms with Gasteiger partial charge in [-0.25, -0.2) is 9.97 Å². The number of nitrogens with one attached hydrogen (secondary N) is 1. The predicted molar refractivity (Wildman–Crippen MR) is 83.2 cm³/mol. The van der Waals surface area contributed by atoms with Crippen molar-refractivity contribution in [3.05, 3.63) is 42.6 Å². The summed E-state index contributed by atoms with van der Waals surface area (Å²) < 4.78 is 7.01. The first-order valence-corrected chi connectivity index (χ1v) is 7.66. The number of rotatable bonds is 4. The zero-order chi connectivity index (χ0) is 16.2. The third kappa shape index (κ3) is 3.19. The number of ether oxygens (including phenoxy) is 1. The molecule has 7 nitrogen and oxygen atoms in total. The third-order valence-electron chi connectivity index (χ3n) is 4.25. The lowest BCUT2D eigenvalue weighted by Crippen LogP contribution is -2.49. The number of nitrogens with zero attached hydrogens (tertiary/aromatic N) is 3. The van der Waals surface area contributed by atoms with Crippen molar-refractivity contribution >= 4 is 5.91 Å². The van der Waals surface area contributed by atoms with Gasteiger partial charge in [0.25, 0.3) is 5.91 Å². The Kier molecular flexibility index (Phi) is 4.57. The Labute approximate surface area is 134 Å². The molecule has 2 aromatic rings. The number of methoxy groups -OCH3 is 1. The molecule has 1 saturated carbocycles. The lowest BCUT2D eigenvalue weighted by molar-refractivity contribution is 0.0398. The SMILES string of the molecule is COc1ncccc1C(=O)N[C@@H]1CCC[C@@H](n2ccnc2)[C@@H]1O. The van der Waals surface area contributed by atoms with Crippen LogP contribution in [0.4, 0.5) is 0 Å². The minimum atomic E-state index is -0.662. The van der Waals surface area contributed by atoms with Crippen LogP contribution in [0.25, 0.3) is 0 Å². The van der Waals surface area contributed by atoms with Crippen LogP contribution in [-0.2, 0) is 0 Å². The second-order valence-corrected chi connectivity index (χ2v) is 5.64. The van der Waals surface area contributed by atoms with Crippen LogP contribution in [0, 0.1) is 0 Å². The Balaban J connectivity index is 1.73. The molecule has 0 aliphatic heterocycles. The first-order chi connectivity index (χ1) is 11.2. The first-order valence-electron chi connectivity index (χ1n) is 7.66. The molecule has 2 aromatic heterocycles. The molecule has 0 saturated heterocycles. The fraction of sp³-hybridized carbons (Fsp3) is 0.438. The van der Waals surface area contributed by atoms with E-state index < -0.39 is 6.10 Å². The van der Waals surface area contributed by atoms with Gasteiger partial charge in [-0.15, -0.1) is 0 Å². The molecule has 122 valence electrons. The number of carbonyl (C=O) groups excluding carboxylic acids is 1. The highest BCUT2D eigenvalue weighted by Gasteiger charge is 2.34. The molecule has 1 fully saturated rings. The molecule has 0 unspecified atom stereocenters. The Bertz CT molecular complexity index is 659. The summed E-state index contributed by atoms with van der Waals surface area (Å²) in [7, 11) is 1.48. The van der Waals surface area contributed by atoms with Crippen LogP contribution in [0.5, 0.6) is 5.88 Å². The highest BCUT2D eigenvalue weighted by atomic mass is 16.5. The van der Waals surface area contributed by atoms with Crippen molar-refractivity contribution in [2.45, 2.75) is 37.5 Å². The van der Waals surface area contributed by atoms with Crippen LogP contribution in [0.2, 0.25) is 0 Å². The van der Waals surface area contributed by atoms with Crippen molar-refractivity contribution in [1.29, 1.82) is 0 Å². The van der Waals surface area contributed by atoms with E-state index >= 15 is 0 Å². The normalized spacial score (nSPS) is 24.2. The minimum absolute atomic E-state index is 0.0765. The smallest absolute Gasteiger partial charge is 0.257 e. The standard InChI is InChI=1S/C16H20N4O3/c1-23-16-11(4-3-7-18-16)15(22)19-12-5-2-6-13(14(12)21)20-9-8-17-10-20/h3-4,7-10,12-14,21H,2,5-6H2,1H3,(H,19,22)/t12-,13-,14-/m1/s1. The minimum Gasteiger partial charge on any atom is -0.480 e. The summed E-state index contributed by atoms with van der Waals surface area (Å²) in [5, 5.41) is 13.5.